The summed E-state index contributed by atoms with van der Waals surface area (Å²) in [6.07, 6.45) is 3.44. The molecule has 0 amide bonds. The molecule has 0 N–H and O–H groups in total. The number of rotatable bonds is 1. The quantitative estimate of drug-likeness (QED) is 0.760. The minimum atomic E-state index is 0.367. The van der Waals surface area contributed by atoms with Gasteiger partial charge in [0.15, 0.2) is 11.6 Å². The Balaban J connectivity index is 2.52. The first kappa shape index (κ1) is 11.4. The zero-order valence-electron chi connectivity index (χ0n) is 8.70. The van der Waals surface area contributed by atoms with E-state index >= 15 is 0 Å². The molecule has 0 aliphatic heterocycles. The lowest BCUT2D eigenvalue weighted by Crippen LogP contribution is -1.98. The zero-order valence-corrected chi connectivity index (χ0v) is 11.0. The molecule has 2 heterocycles. The Kier molecular flexibility index (Phi) is 3.16. The molecule has 0 saturated carbocycles. The fourth-order valence-corrected chi connectivity index (χ4v) is 1.53. The first-order valence-electron chi connectivity index (χ1n) is 4.56. The van der Waals surface area contributed by atoms with Crippen LogP contribution in [0.4, 0.5) is 0 Å². The van der Waals surface area contributed by atoms with Crippen LogP contribution in [0.5, 0.6) is 0 Å². The van der Waals surface area contributed by atoms with Gasteiger partial charge in [-0.3, -0.25) is 0 Å². The van der Waals surface area contributed by atoms with E-state index in [1.807, 2.05) is 13.8 Å². The Morgan fingerprint density at radius 1 is 1.06 bits per heavy atom. The van der Waals surface area contributed by atoms with Crippen molar-refractivity contribution >= 4 is 27.5 Å². The Morgan fingerprint density at radius 2 is 1.69 bits per heavy atom. The number of hydrogen-bond acceptors (Lipinski definition) is 4. The summed E-state index contributed by atoms with van der Waals surface area (Å²) in [6, 6.07) is 0. The third-order valence-corrected chi connectivity index (χ3v) is 3.41. The van der Waals surface area contributed by atoms with Gasteiger partial charge in [0, 0.05) is 12.4 Å². The van der Waals surface area contributed by atoms with Crippen molar-refractivity contribution in [2.24, 2.45) is 0 Å². The van der Waals surface area contributed by atoms with Gasteiger partial charge in [-0.15, -0.1) is 0 Å². The van der Waals surface area contributed by atoms with Gasteiger partial charge in [0.1, 0.15) is 5.15 Å². The van der Waals surface area contributed by atoms with Gasteiger partial charge in [0.05, 0.1) is 10.2 Å². The average molecular weight is 300 g/mol. The highest BCUT2D eigenvalue weighted by Crippen LogP contribution is 2.24. The van der Waals surface area contributed by atoms with Crippen LogP contribution in [0.1, 0.15) is 11.3 Å². The molecule has 0 atom stereocenters. The van der Waals surface area contributed by atoms with Crippen molar-refractivity contribution in [2.75, 3.05) is 0 Å². The van der Waals surface area contributed by atoms with Crippen LogP contribution >= 0.6 is 27.5 Å². The first-order chi connectivity index (χ1) is 7.58. The van der Waals surface area contributed by atoms with Crippen LogP contribution in [0.25, 0.3) is 11.6 Å². The molecule has 6 heteroatoms. The lowest BCUT2D eigenvalue weighted by atomic mass is 10.4. The third-order valence-electron chi connectivity index (χ3n) is 1.96. The predicted octanol–water partition coefficient (Wildman–Crippen LogP) is 2.97. The van der Waals surface area contributed by atoms with Crippen LogP contribution in [0, 0.1) is 13.8 Å². The Bertz CT molecular complexity index is 504. The summed E-state index contributed by atoms with van der Waals surface area (Å²) in [7, 11) is 0. The second-order valence-electron chi connectivity index (χ2n) is 3.32. The summed E-state index contributed by atoms with van der Waals surface area (Å²) in [4.78, 5) is 16.7. The molecule has 0 radical (unpaired) electrons. The molecule has 2 aromatic heterocycles. The second-order valence-corrected chi connectivity index (χ2v) is 4.47. The fraction of sp³-hybridized carbons (Fsp3) is 0.200. The van der Waals surface area contributed by atoms with E-state index in [0.29, 0.717) is 21.3 Å². The van der Waals surface area contributed by atoms with Crippen LogP contribution in [-0.4, -0.2) is 19.9 Å². The maximum Gasteiger partial charge on any atom is 0.199 e. The van der Waals surface area contributed by atoms with Crippen LogP contribution in [-0.2, 0) is 0 Å². The van der Waals surface area contributed by atoms with Crippen molar-refractivity contribution in [1.29, 1.82) is 0 Å². The van der Waals surface area contributed by atoms with E-state index < -0.39 is 0 Å². The van der Waals surface area contributed by atoms with Gasteiger partial charge in [0.2, 0.25) is 0 Å². The maximum atomic E-state index is 5.95. The van der Waals surface area contributed by atoms with E-state index in [1.54, 1.807) is 12.4 Å². The minimum absolute atomic E-state index is 0.367. The molecular formula is C10H8BrClN4. The van der Waals surface area contributed by atoms with E-state index in [1.165, 1.54) is 0 Å². The highest BCUT2D eigenvalue weighted by atomic mass is 79.9. The molecule has 16 heavy (non-hydrogen) atoms. The molecule has 2 aromatic rings. The van der Waals surface area contributed by atoms with E-state index in [2.05, 4.69) is 35.9 Å². The van der Waals surface area contributed by atoms with Gasteiger partial charge in [-0.25, -0.2) is 19.9 Å². The molecule has 0 spiro atoms. The largest absolute Gasteiger partial charge is 0.234 e. The van der Waals surface area contributed by atoms with E-state index in [-0.39, 0.29) is 0 Å². The number of aryl methyl sites for hydroxylation is 2. The fourth-order valence-electron chi connectivity index (χ4n) is 1.13. The third kappa shape index (κ3) is 2.20. The smallest absolute Gasteiger partial charge is 0.199 e. The van der Waals surface area contributed by atoms with E-state index in [4.69, 9.17) is 11.6 Å². The number of halogens is 2. The molecule has 4 nitrogen and oxygen atoms in total. The van der Waals surface area contributed by atoms with Crippen molar-refractivity contribution in [3.05, 3.63) is 33.3 Å². The lowest BCUT2D eigenvalue weighted by molar-refractivity contribution is 1.03. The second kappa shape index (κ2) is 4.43. The van der Waals surface area contributed by atoms with Gasteiger partial charge in [-0.1, -0.05) is 11.6 Å². The lowest BCUT2D eigenvalue weighted by Gasteiger charge is -2.03. The summed E-state index contributed by atoms with van der Waals surface area (Å²) in [5, 5.41) is 0.367. The molecule has 2 rings (SSSR count). The summed E-state index contributed by atoms with van der Waals surface area (Å²) in [5.41, 5.74) is 1.75. The van der Waals surface area contributed by atoms with Gasteiger partial charge in [-0.05, 0) is 35.3 Å². The number of nitrogens with zero attached hydrogens (tertiary/aromatic N) is 4. The first-order valence-corrected chi connectivity index (χ1v) is 5.73. The van der Waals surface area contributed by atoms with Crippen LogP contribution in [0.2, 0.25) is 5.15 Å². The number of hydrogen-bond donors (Lipinski definition) is 0. The van der Waals surface area contributed by atoms with Crippen molar-refractivity contribution in [1.82, 2.24) is 19.9 Å². The molecule has 0 bridgehead atoms. The summed E-state index contributed by atoms with van der Waals surface area (Å²) < 4.78 is 0.699. The van der Waals surface area contributed by atoms with Gasteiger partial charge in [-0.2, -0.15) is 0 Å². The maximum absolute atomic E-state index is 5.95. The minimum Gasteiger partial charge on any atom is -0.234 e. The molecule has 82 valence electrons. The predicted molar refractivity (Wildman–Crippen MR) is 65.2 cm³/mol. The SMILES string of the molecule is Cc1cnc(-c2nc(C)c(Br)c(Cl)n2)nc1. The standard InChI is InChI=1S/C10H8BrClN4/c1-5-3-13-9(14-4-5)10-15-6(2)7(11)8(12)16-10/h3-4H,1-2H3. The van der Waals surface area contributed by atoms with Crippen molar-refractivity contribution in [3.8, 4) is 11.6 Å². The molecule has 0 aromatic carbocycles. The van der Waals surface area contributed by atoms with Gasteiger partial charge >= 0.3 is 0 Å². The summed E-state index contributed by atoms with van der Waals surface area (Å²) in [6.45, 7) is 3.76. The van der Waals surface area contributed by atoms with Crippen LogP contribution < -0.4 is 0 Å². The van der Waals surface area contributed by atoms with Gasteiger partial charge in [0.25, 0.3) is 0 Å². The van der Waals surface area contributed by atoms with Gasteiger partial charge < -0.3 is 0 Å². The summed E-state index contributed by atoms with van der Waals surface area (Å²) in [5.74, 6) is 0.911. The highest BCUT2D eigenvalue weighted by molar-refractivity contribution is 9.10. The van der Waals surface area contributed by atoms with Crippen LogP contribution in [0.3, 0.4) is 0 Å². The Labute approximate surface area is 106 Å². The highest BCUT2D eigenvalue weighted by Gasteiger charge is 2.10. The molecule has 0 fully saturated rings. The molecular weight excluding hydrogens is 291 g/mol. The van der Waals surface area contributed by atoms with Crippen molar-refractivity contribution in [2.45, 2.75) is 13.8 Å². The normalized spacial score (nSPS) is 10.5. The molecule has 0 saturated heterocycles. The Morgan fingerprint density at radius 3 is 2.25 bits per heavy atom. The molecule has 0 aliphatic rings. The monoisotopic (exact) mass is 298 g/mol. The Hall–Kier alpha value is -1.07. The molecule has 0 aliphatic carbocycles. The number of aromatic nitrogens is 4. The summed E-state index contributed by atoms with van der Waals surface area (Å²) >= 11 is 9.25. The van der Waals surface area contributed by atoms with Crippen molar-refractivity contribution < 1.29 is 0 Å². The molecule has 0 unspecified atom stereocenters. The van der Waals surface area contributed by atoms with E-state index in [9.17, 15) is 0 Å². The van der Waals surface area contributed by atoms with E-state index in [0.717, 1.165) is 11.3 Å². The van der Waals surface area contributed by atoms with Crippen molar-refractivity contribution in [3.63, 3.8) is 0 Å². The topological polar surface area (TPSA) is 51.6 Å². The average Bonchev–Trinajstić information content (AvgIpc) is 2.26. The van der Waals surface area contributed by atoms with Crippen LogP contribution in [0.15, 0.2) is 16.9 Å². The zero-order chi connectivity index (χ0) is 11.7.